The third kappa shape index (κ3) is 3.51. The molecule has 2 aromatic carbocycles. The van der Waals surface area contributed by atoms with Crippen LogP contribution in [0.5, 0.6) is 0 Å². The summed E-state index contributed by atoms with van der Waals surface area (Å²) < 4.78 is 5.69. The SMILES string of the molecule is O=C1NN(c2ccccc2)C(=O)/C1=C/c1ccc(-c2ccc(C(=O)O)c(Cl)c2)o1. The van der Waals surface area contributed by atoms with Crippen LogP contribution in [-0.4, -0.2) is 22.9 Å². The Morgan fingerprint density at radius 2 is 1.83 bits per heavy atom. The van der Waals surface area contributed by atoms with Crippen molar-refractivity contribution in [3.8, 4) is 11.3 Å². The van der Waals surface area contributed by atoms with E-state index in [0.29, 0.717) is 22.8 Å². The van der Waals surface area contributed by atoms with Gasteiger partial charge in [0.2, 0.25) is 0 Å². The average Bonchev–Trinajstić information content (AvgIpc) is 3.28. The second-order valence-electron chi connectivity index (χ2n) is 6.18. The number of carboxylic acids is 1. The highest BCUT2D eigenvalue weighted by Gasteiger charge is 2.34. The largest absolute Gasteiger partial charge is 0.478 e. The summed E-state index contributed by atoms with van der Waals surface area (Å²) in [6, 6.07) is 16.4. The van der Waals surface area contributed by atoms with E-state index >= 15 is 0 Å². The van der Waals surface area contributed by atoms with Crippen LogP contribution in [0.1, 0.15) is 16.1 Å². The van der Waals surface area contributed by atoms with Gasteiger partial charge in [-0.3, -0.25) is 15.0 Å². The summed E-state index contributed by atoms with van der Waals surface area (Å²) in [5.41, 5.74) is 3.55. The third-order valence-electron chi connectivity index (χ3n) is 4.30. The lowest BCUT2D eigenvalue weighted by atomic mass is 10.1. The van der Waals surface area contributed by atoms with Gasteiger partial charge in [-0.2, -0.15) is 0 Å². The van der Waals surface area contributed by atoms with E-state index in [2.05, 4.69) is 5.43 Å². The molecule has 8 heteroatoms. The van der Waals surface area contributed by atoms with E-state index in [9.17, 15) is 14.4 Å². The Labute approximate surface area is 169 Å². The Balaban J connectivity index is 1.61. The van der Waals surface area contributed by atoms with Crippen molar-refractivity contribution in [1.82, 2.24) is 5.43 Å². The van der Waals surface area contributed by atoms with E-state index < -0.39 is 17.8 Å². The van der Waals surface area contributed by atoms with Crippen molar-refractivity contribution in [3.05, 3.63) is 82.6 Å². The predicted molar refractivity (Wildman–Crippen MR) is 106 cm³/mol. The molecule has 2 heterocycles. The van der Waals surface area contributed by atoms with Crippen LogP contribution in [0.4, 0.5) is 5.69 Å². The number of hydrazine groups is 1. The first kappa shape index (κ1) is 18.5. The van der Waals surface area contributed by atoms with Crippen LogP contribution < -0.4 is 10.4 Å². The molecule has 0 saturated carbocycles. The molecule has 4 rings (SSSR count). The van der Waals surface area contributed by atoms with E-state index in [1.165, 1.54) is 23.2 Å². The van der Waals surface area contributed by atoms with E-state index in [1.54, 1.807) is 42.5 Å². The number of carbonyl (C=O) groups excluding carboxylic acids is 2. The van der Waals surface area contributed by atoms with Crippen LogP contribution in [0, 0.1) is 0 Å². The van der Waals surface area contributed by atoms with Gasteiger partial charge in [0.05, 0.1) is 16.3 Å². The number of aromatic carboxylic acids is 1. The van der Waals surface area contributed by atoms with Crippen molar-refractivity contribution >= 4 is 41.1 Å². The van der Waals surface area contributed by atoms with Gasteiger partial charge < -0.3 is 9.52 Å². The number of hydrogen-bond acceptors (Lipinski definition) is 4. The molecule has 144 valence electrons. The van der Waals surface area contributed by atoms with Crippen LogP contribution in [0.15, 0.2) is 70.7 Å². The summed E-state index contributed by atoms with van der Waals surface area (Å²) in [5.74, 6) is -1.44. The Kier molecular flexibility index (Phi) is 4.66. The second-order valence-corrected chi connectivity index (χ2v) is 6.58. The fourth-order valence-electron chi connectivity index (χ4n) is 2.89. The minimum atomic E-state index is -1.12. The van der Waals surface area contributed by atoms with E-state index in [-0.39, 0.29) is 16.2 Å². The molecule has 3 aromatic rings. The second kappa shape index (κ2) is 7.29. The lowest BCUT2D eigenvalue weighted by molar-refractivity contribution is -0.117. The Bertz CT molecular complexity index is 1170. The van der Waals surface area contributed by atoms with Gasteiger partial charge in [-0.1, -0.05) is 35.9 Å². The van der Waals surface area contributed by atoms with Crippen molar-refractivity contribution in [2.75, 3.05) is 5.01 Å². The minimum Gasteiger partial charge on any atom is -0.478 e. The quantitative estimate of drug-likeness (QED) is 0.505. The smallest absolute Gasteiger partial charge is 0.337 e. The maximum absolute atomic E-state index is 12.6. The zero-order valence-corrected chi connectivity index (χ0v) is 15.5. The lowest BCUT2D eigenvalue weighted by Crippen LogP contribution is -2.35. The summed E-state index contributed by atoms with van der Waals surface area (Å²) in [4.78, 5) is 35.9. The topological polar surface area (TPSA) is 99.9 Å². The van der Waals surface area contributed by atoms with E-state index in [4.69, 9.17) is 21.1 Å². The van der Waals surface area contributed by atoms with Gasteiger partial charge in [0.15, 0.2) is 0 Å². The molecule has 7 nitrogen and oxygen atoms in total. The Morgan fingerprint density at radius 3 is 2.52 bits per heavy atom. The molecule has 0 bridgehead atoms. The monoisotopic (exact) mass is 408 g/mol. The van der Waals surface area contributed by atoms with Crippen molar-refractivity contribution in [2.24, 2.45) is 0 Å². The zero-order chi connectivity index (χ0) is 20.5. The molecular weight excluding hydrogens is 396 g/mol. The summed E-state index contributed by atoms with van der Waals surface area (Å²) >= 11 is 5.99. The average molecular weight is 409 g/mol. The summed E-state index contributed by atoms with van der Waals surface area (Å²) in [5, 5.41) is 10.3. The predicted octanol–water partition coefficient (Wildman–Crippen LogP) is 3.76. The van der Waals surface area contributed by atoms with Gasteiger partial charge in [-0.25, -0.2) is 9.80 Å². The number of carbonyl (C=O) groups is 3. The molecule has 0 aliphatic carbocycles. The molecule has 2 N–H and O–H groups in total. The molecule has 29 heavy (non-hydrogen) atoms. The first-order valence-electron chi connectivity index (χ1n) is 8.49. The van der Waals surface area contributed by atoms with Crippen molar-refractivity contribution < 1.29 is 23.9 Å². The minimum absolute atomic E-state index is 0.0152. The number of para-hydroxylation sites is 1. The van der Waals surface area contributed by atoms with Crippen LogP contribution in [0.2, 0.25) is 5.02 Å². The molecule has 1 aliphatic rings. The van der Waals surface area contributed by atoms with Crippen LogP contribution in [-0.2, 0) is 9.59 Å². The number of nitrogens with one attached hydrogen (secondary N) is 1. The highest BCUT2D eigenvalue weighted by molar-refractivity contribution is 6.34. The number of halogens is 1. The van der Waals surface area contributed by atoms with Gasteiger partial charge in [0.1, 0.15) is 17.1 Å². The molecule has 1 saturated heterocycles. The van der Waals surface area contributed by atoms with Gasteiger partial charge in [-0.05, 0) is 42.5 Å². The van der Waals surface area contributed by atoms with Crippen LogP contribution >= 0.6 is 11.6 Å². The van der Waals surface area contributed by atoms with E-state index in [0.717, 1.165) is 0 Å². The lowest BCUT2D eigenvalue weighted by Gasteiger charge is -2.13. The van der Waals surface area contributed by atoms with Gasteiger partial charge in [0.25, 0.3) is 11.8 Å². The molecule has 1 aliphatic heterocycles. The Morgan fingerprint density at radius 1 is 1.07 bits per heavy atom. The standard InChI is InChI=1S/C21H13ClN2O5/c22-17-10-12(6-8-15(17)21(27)28)18-9-7-14(29-18)11-16-19(25)23-24(20(16)26)13-4-2-1-3-5-13/h1-11H,(H,23,25)(H,27,28)/b16-11+. The van der Waals surface area contributed by atoms with Crippen molar-refractivity contribution in [2.45, 2.75) is 0 Å². The molecule has 0 unspecified atom stereocenters. The first-order chi connectivity index (χ1) is 13.9. The normalized spacial score (nSPS) is 15.1. The molecular formula is C21H13ClN2O5. The third-order valence-corrected chi connectivity index (χ3v) is 4.62. The highest BCUT2D eigenvalue weighted by Crippen LogP contribution is 2.29. The number of nitrogens with zero attached hydrogens (tertiary/aromatic N) is 1. The van der Waals surface area contributed by atoms with Crippen LogP contribution in [0.25, 0.3) is 17.4 Å². The summed E-state index contributed by atoms with van der Waals surface area (Å²) in [6.07, 6.45) is 1.36. The molecule has 1 fully saturated rings. The van der Waals surface area contributed by atoms with Gasteiger partial charge in [0, 0.05) is 5.56 Å². The Hall–Kier alpha value is -3.84. The van der Waals surface area contributed by atoms with Gasteiger partial charge in [-0.15, -0.1) is 0 Å². The summed E-state index contributed by atoms with van der Waals surface area (Å²) in [7, 11) is 0. The maximum atomic E-state index is 12.6. The number of carboxylic acid groups (broad SMARTS) is 1. The number of furan rings is 1. The highest BCUT2D eigenvalue weighted by atomic mass is 35.5. The van der Waals surface area contributed by atoms with E-state index in [1.807, 2.05) is 6.07 Å². The fraction of sp³-hybridized carbons (Fsp3) is 0. The molecule has 0 spiro atoms. The summed E-state index contributed by atoms with van der Waals surface area (Å²) in [6.45, 7) is 0. The number of rotatable bonds is 4. The number of benzene rings is 2. The van der Waals surface area contributed by atoms with Crippen molar-refractivity contribution in [1.29, 1.82) is 0 Å². The van der Waals surface area contributed by atoms with Crippen molar-refractivity contribution in [3.63, 3.8) is 0 Å². The first-order valence-corrected chi connectivity index (χ1v) is 8.87. The number of anilines is 1. The number of amides is 2. The molecule has 0 radical (unpaired) electrons. The molecule has 1 aromatic heterocycles. The van der Waals surface area contributed by atoms with Gasteiger partial charge >= 0.3 is 5.97 Å². The zero-order valence-electron chi connectivity index (χ0n) is 14.8. The maximum Gasteiger partial charge on any atom is 0.337 e. The molecule has 0 atom stereocenters. The molecule has 2 amide bonds. The fourth-order valence-corrected chi connectivity index (χ4v) is 3.15. The number of hydrogen-bond donors (Lipinski definition) is 2. The van der Waals surface area contributed by atoms with Crippen LogP contribution in [0.3, 0.4) is 0 Å².